The van der Waals surface area contributed by atoms with Crippen LogP contribution in [0.25, 0.3) is 0 Å². The van der Waals surface area contributed by atoms with Crippen molar-refractivity contribution in [1.29, 1.82) is 5.26 Å². The van der Waals surface area contributed by atoms with E-state index in [1.54, 1.807) is 6.92 Å². The van der Waals surface area contributed by atoms with Gasteiger partial charge in [0.1, 0.15) is 11.0 Å². The molecule has 0 bridgehead atoms. The molecule has 1 rings (SSSR count). The van der Waals surface area contributed by atoms with Crippen LogP contribution in [-0.2, 0) is 9.84 Å². The van der Waals surface area contributed by atoms with E-state index in [1.165, 1.54) is 12.1 Å². The second-order valence-electron chi connectivity index (χ2n) is 3.34. The quantitative estimate of drug-likeness (QED) is 0.821. The molecule has 0 aliphatic carbocycles. The Bertz CT molecular complexity index is 537. The number of halogens is 1. The third kappa shape index (κ3) is 4.59. The number of nitriles is 1. The number of hydrogen-bond acceptors (Lipinski definition) is 5. The second-order valence-corrected chi connectivity index (χ2v) is 6.20. The molecule has 0 amide bonds. The Kier molecular flexibility index (Phi) is 4.73. The number of nitrogens with one attached hydrogen (secondary N) is 1. The van der Waals surface area contributed by atoms with Crippen LogP contribution < -0.4 is 5.32 Å². The average molecular weight is 274 g/mol. The standard InChI is InChI=1S/C10H12ClN3O2S/c1-2-17(15,16)4-3-13-10-6-8(7-12)5-9(11)14-10/h5-6H,2-4H2,1H3,(H,13,14). The lowest BCUT2D eigenvalue weighted by molar-refractivity contribution is 0.597. The van der Waals surface area contributed by atoms with E-state index in [0.717, 1.165) is 0 Å². The van der Waals surface area contributed by atoms with Gasteiger partial charge >= 0.3 is 0 Å². The Morgan fingerprint density at radius 2 is 2.24 bits per heavy atom. The van der Waals surface area contributed by atoms with Gasteiger partial charge in [0.05, 0.1) is 17.4 Å². The summed E-state index contributed by atoms with van der Waals surface area (Å²) in [6.07, 6.45) is 0. The lowest BCUT2D eigenvalue weighted by Gasteiger charge is -2.06. The summed E-state index contributed by atoms with van der Waals surface area (Å²) in [7, 11) is -3.00. The van der Waals surface area contributed by atoms with Crippen LogP contribution in [0.3, 0.4) is 0 Å². The highest BCUT2D eigenvalue weighted by Gasteiger charge is 2.07. The van der Waals surface area contributed by atoms with Crippen LogP contribution in [0, 0.1) is 11.3 Å². The number of anilines is 1. The van der Waals surface area contributed by atoms with E-state index in [9.17, 15) is 8.42 Å². The monoisotopic (exact) mass is 273 g/mol. The Hall–Kier alpha value is -1.32. The van der Waals surface area contributed by atoms with Gasteiger partial charge in [-0.3, -0.25) is 0 Å². The Morgan fingerprint density at radius 1 is 1.53 bits per heavy atom. The van der Waals surface area contributed by atoms with Gasteiger partial charge in [-0.1, -0.05) is 18.5 Å². The lowest BCUT2D eigenvalue weighted by atomic mass is 10.3. The number of nitrogens with zero attached hydrogens (tertiary/aromatic N) is 2. The van der Waals surface area contributed by atoms with E-state index >= 15 is 0 Å². The summed E-state index contributed by atoms with van der Waals surface area (Å²) in [6.45, 7) is 1.84. The summed E-state index contributed by atoms with van der Waals surface area (Å²) in [4.78, 5) is 3.94. The number of hydrogen-bond donors (Lipinski definition) is 1. The van der Waals surface area contributed by atoms with E-state index in [1.807, 2.05) is 6.07 Å². The number of sulfone groups is 1. The molecule has 0 aliphatic heterocycles. The van der Waals surface area contributed by atoms with Crippen molar-refractivity contribution >= 4 is 27.3 Å². The summed E-state index contributed by atoms with van der Waals surface area (Å²) in [5.74, 6) is 0.543. The predicted molar refractivity (Wildman–Crippen MR) is 66.8 cm³/mol. The van der Waals surface area contributed by atoms with E-state index in [4.69, 9.17) is 16.9 Å². The second kappa shape index (κ2) is 5.84. The molecule has 1 heterocycles. The van der Waals surface area contributed by atoms with Gasteiger partial charge in [-0.05, 0) is 12.1 Å². The fourth-order valence-electron chi connectivity index (χ4n) is 1.13. The molecule has 7 heteroatoms. The molecule has 0 saturated carbocycles. The molecule has 1 aromatic rings. The van der Waals surface area contributed by atoms with Gasteiger partial charge in [-0.2, -0.15) is 5.26 Å². The summed E-state index contributed by atoms with van der Waals surface area (Å²) >= 11 is 5.70. The highest BCUT2D eigenvalue weighted by Crippen LogP contribution is 2.13. The fraction of sp³-hybridized carbons (Fsp3) is 0.400. The molecule has 0 aliphatic rings. The first kappa shape index (κ1) is 13.7. The summed E-state index contributed by atoms with van der Waals surface area (Å²) < 4.78 is 22.5. The topological polar surface area (TPSA) is 82.9 Å². The molecule has 92 valence electrons. The van der Waals surface area contributed by atoms with Crippen molar-refractivity contribution in [3.63, 3.8) is 0 Å². The Balaban J connectivity index is 2.65. The zero-order valence-electron chi connectivity index (χ0n) is 9.27. The zero-order valence-corrected chi connectivity index (χ0v) is 10.8. The maximum atomic E-state index is 11.2. The molecule has 0 atom stereocenters. The molecule has 0 radical (unpaired) electrons. The largest absolute Gasteiger partial charge is 0.369 e. The van der Waals surface area contributed by atoms with Crippen LogP contribution in [0.1, 0.15) is 12.5 Å². The van der Waals surface area contributed by atoms with Crippen LogP contribution in [-0.4, -0.2) is 31.5 Å². The van der Waals surface area contributed by atoms with Crippen molar-refractivity contribution in [1.82, 2.24) is 4.98 Å². The van der Waals surface area contributed by atoms with E-state index in [-0.39, 0.29) is 23.2 Å². The molecule has 1 N–H and O–H groups in total. The number of pyridine rings is 1. The maximum Gasteiger partial charge on any atom is 0.151 e. The van der Waals surface area contributed by atoms with Crippen LogP contribution in [0.2, 0.25) is 5.15 Å². The van der Waals surface area contributed by atoms with Crippen molar-refractivity contribution in [2.75, 3.05) is 23.4 Å². The normalized spacial score (nSPS) is 10.9. The summed E-state index contributed by atoms with van der Waals surface area (Å²) in [6, 6.07) is 4.90. The molecular formula is C10H12ClN3O2S. The molecule has 0 unspecified atom stereocenters. The van der Waals surface area contributed by atoms with Gasteiger partial charge in [0.25, 0.3) is 0 Å². The van der Waals surface area contributed by atoms with Crippen molar-refractivity contribution in [3.8, 4) is 6.07 Å². The van der Waals surface area contributed by atoms with Crippen molar-refractivity contribution in [2.24, 2.45) is 0 Å². The minimum Gasteiger partial charge on any atom is -0.369 e. The minimum absolute atomic E-state index is 0.0274. The van der Waals surface area contributed by atoms with Crippen molar-refractivity contribution in [2.45, 2.75) is 6.92 Å². The molecule has 1 aromatic heterocycles. The highest BCUT2D eigenvalue weighted by atomic mass is 35.5. The Labute approximate surface area is 105 Å². The predicted octanol–water partition coefficient (Wildman–Crippen LogP) is 1.45. The highest BCUT2D eigenvalue weighted by molar-refractivity contribution is 7.91. The van der Waals surface area contributed by atoms with Crippen molar-refractivity contribution < 1.29 is 8.42 Å². The summed E-state index contributed by atoms with van der Waals surface area (Å²) in [5, 5.41) is 11.7. The third-order valence-electron chi connectivity index (χ3n) is 2.08. The first-order valence-corrected chi connectivity index (χ1v) is 7.19. The molecule has 5 nitrogen and oxygen atoms in total. The van der Waals surface area contributed by atoms with E-state index in [0.29, 0.717) is 11.4 Å². The van der Waals surface area contributed by atoms with E-state index < -0.39 is 9.84 Å². The number of rotatable bonds is 5. The first-order valence-electron chi connectivity index (χ1n) is 4.99. The van der Waals surface area contributed by atoms with Gasteiger partial charge in [0, 0.05) is 12.3 Å². The summed E-state index contributed by atoms with van der Waals surface area (Å²) in [5.41, 5.74) is 0.380. The minimum atomic E-state index is -3.00. The van der Waals surface area contributed by atoms with Crippen LogP contribution in [0.4, 0.5) is 5.82 Å². The van der Waals surface area contributed by atoms with Gasteiger partial charge in [0.15, 0.2) is 9.84 Å². The van der Waals surface area contributed by atoms with Gasteiger partial charge in [-0.15, -0.1) is 0 Å². The molecular weight excluding hydrogens is 262 g/mol. The van der Waals surface area contributed by atoms with Crippen molar-refractivity contribution in [3.05, 3.63) is 22.8 Å². The number of aromatic nitrogens is 1. The molecule has 0 aromatic carbocycles. The third-order valence-corrected chi connectivity index (χ3v) is 3.98. The molecule has 0 saturated heterocycles. The zero-order chi connectivity index (χ0) is 12.9. The first-order chi connectivity index (χ1) is 7.96. The molecule has 0 fully saturated rings. The van der Waals surface area contributed by atoms with Gasteiger partial charge in [-0.25, -0.2) is 13.4 Å². The van der Waals surface area contributed by atoms with E-state index in [2.05, 4.69) is 10.3 Å². The molecule has 0 spiro atoms. The van der Waals surface area contributed by atoms with Crippen LogP contribution >= 0.6 is 11.6 Å². The lowest BCUT2D eigenvalue weighted by Crippen LogP contribution is -2.17. The maximum absolute atomic E-state index is 11.2. The van der Waals surface area contributed by atoms with Crippen LogP contribution in [0.5, 0.6) is 0 Å². The van der Waals surface area contributed by atoms with Gasteiger partial charge in [0.2, 0.25) is 0 Å². The van der Waals surface area contributed by atoms with Gasteiger partial charge < -0.3 is 5.32 Å². The SMILES string of the molecule is CCS(=O)(=O)CCNc1cc(C#N)cc(Cl)n1. The smallest absolute Gasteiger partial charge is 0.151 e. The average Bonchev–Trinajstić information content (AvgIpc) is 2.28. The Morgan fingerprint density at radius 3 is 2.82 bits per heavy atom. The fourth-order valence-corrected chi connectivity index (χ4v) is 2.04. The molecule has 17 heavy (non-hydrogen) atoms. The van der Waals surface area contributed by atoms with Crippen LogP contribution in [0.15, 0.2) is 12.1 Å².